The van der Waals surface area contributed by atoms with Crippen LogP contribution in [0.2, 0.25) is 0 Å². The van der Waals surface area contributed by atoms with Gasteiger partial charge in [0.05, 0.1) is 0 Å². The second-order valence-electron chi connectivity index (χ2n) is 3.19. The van der Waals surface area contributed by atoms with Crippen molar-refractivity contribution in [1.82, 2.24) is 0 Å². The van der Waals surface area contributed by atoms with Gasteiger partial charge in [-0.2, -0.15) is 0 Å². The van der Waals surface area contributed by atoms with Gasteiger partial charge in [0.25, 0.3) is 0 Å². The highest BCUT2D eigenvalue weighted by molar-refractivity contribution is 5.60. The number of carbonyl (C=O) groups is 2. The Hall–Kier alpha value is -1.62. The second kappa shape index (κ2) is 11.2. The molecule has 0 heterocycles. The molecule has 0 bridgehead atoms. The molecule has 0 aliphatic heterocycles. The van der Waals surface area contributed by atoms with Gasteiger partial charge >= 0.3 is 12.3 Å². The highest BCUT2D eigenvalue weighted by Gasteiger charge is 2.15. The van der Waals surface area contributed by atoms with Crippen LogP contribution in [0.15, 0.2) is 0 Å². The summed E-state index contributed by atoms with van der Waals surface area (Å²) in [6, 6.07) is 0. The Morgan fingerprint density at radius 2 is 1.60 bits per heavy atom. The van der Waals surface area contributed by atoms with Gasteiger partial charge < -0.3 is 38.6 Å². The fourth-order valence-electron chi connectivity index (χ4n) is 0.860. The van der Waals surface area contributed by atoms with Crippen molar-refractivity contribution in [1.29, 1.82) is 0 Å². The van der Waals surface area contributed by atoms with Crippen LogP contribution in [-0.4, -0.2) is 75.8 Å². The number of methoxy groups -OCH3 is 2. The van der Waals surface area contributed by atoms with Crippen LogP contribution < -0.4 is 0 Å². The van der Waals surface area contributed by atoms with Crippen LogP contribution in [0.4, 0.5) is 9.59 Å². The molecular formula is C10H18O10. The number of hydrogen-bond acceptors (Lipinski definition) is 10. The summed E-state index contributed by atoms with van der Waals surface area (Å²) in [6.45, 7) is -1.32. The predicted molar refractivity (Wildman–Crippen MR) is 60.6 cm³/mol. The molecule has 2 unspecified atom stereocenters. The number of hydrogen-bond donors (Lipinski definition) is 2. The Bertz CT molecular complexity index is 281. The number of aliphatic hydroxyl groups excluding tert-OH is 2. The third-order valence-electron chi connectivity index (χ3n) is 1.70. The Balaban J connectivity index is 3.68. The molecule has 0 aliphatic carbocycles. The molecule has 0 radical (unpaired) electrons. The minimum atomic E-state index is -1.66. The smallest absolute Gasteiger partial charge is 0.431 e. The first-order valence-electron chi connectivity index (χ1n) is 5.51. The van der Waals surface area contributed by atoms with Crippen molar-refractivity contribution < 1.29 is 48.2 Å². The molecule has 20 heavy (non-hydrogen) atoms. The van der Waals surface area contributed by atoms with E-state index in [0.717, 1.165) is 0 Å². The molecule has 0 aliphatic rings. The number of carbonyl (C=O) groups excluding carboxylic acids is 2. The van der Waals surface area contributed by atoms with Crippen molar-refractivity contribution in [2.75, 3.05) is 40.6 Å². The first kappa shape index (κ1) is 18.4. The molecule has 0 aromatic heterocycles. The third kappa shape index (κ3) is 9.33. The second-order valence-corrected chi connectivity index (χ2v) is 3.19. The van der Waals surface area contributed by atoms with Gasteiger partial charge in [-0.3, -0.25) is 0 Å². The monoisotopic (exact) mass is 298 g/mol. The fourth-order valence-corrected chi connectivity index (χ4v) is 0.860. The summed E-state index contributed by atoms with van der Waals surface area (Å²) in [6.07, 6.45) is -4.80. The molecule has 0 rings (SSSR count). The van der Waals surface area contributed by atoms with Gasteiger partial charge in [0.1, 0.15) is 26.4 Å². The molecule has 2 atom stereocenters. The van der Waals surface area contributed by atoms with E-state index in [0.29, 0.717) is 0 Å². The summed E-state index contributed by atoms with van der Waals surface area (Å²) in [5.41, 5.74) is 0. The van der Waals surface area contributed by atoms with E-state index in [9.17, 15) is 9.59 Å². The lowest BCUT2D eigenvalue weighted by Gasteiger charge is -2.14. The molecule has 2 N–H and O–H groups in total. The summed E-state index contributed by atoms with van der Waals surface area (Å²) >= 11 is 0. The van der Waals surface area contributed by atoms with Crippen LogP contribution in [0, 0.1) is 0 Å². The van der Waals surface area contributed by atoms with Crippen molar-refractivity contribution >= 4 is 12.3 Å². The van der Waals surface area contributed by atoms with E-state index in [-0.39, 0.29) is 19.8 Å². The summed E-state index contributed by atoms with van der Waals surface area (Å²) in [5, 5.41) is 17.1. The summed E-state index contributed by atoms with van der Waals surface area (Å²) in [7, 11) is 2.73. The minimum absolute atomic E-state index is 0.0352. The molecule has 118 valence electrons. The van der Waals surface area contributed by atoms with E-state index in [2.05, 4.69) is 18.9 Å². The zero-order valence-corrected chi connectivity index (χ0v) is 11.1. The molecule has 0 amide bonds. The highest BCUT2D eigenvalue weighted by Crippen LogP contribution is 1.97. The maximum atomic E-state index is 11.1. The fraction of sp³-hybridized carbons (Fsp3) is 0.800. The standard InChI is InChI=1S/C10H18O10/c1-15-6-8(16-2)20-10(14)18-4-3-17-9(13)19-7(12)5-11/h7-8,11-12H,3-6H2,1-2H3. The largest absolute Gasteiger partial charge is 0.510 e. The lowest BCUT2D eigenvalue weighted by atomic mass is 10.7. The van der Waals surface area contributed by atoms with E-state index in [4.69, 9.17) is 19.7 Å². The first-order valence-corrected chi connectivity index (χ1v) is 5.51. The Labute approximate surface area is 115 Å². The zero-order valence-electron chi connectivity index (χ0n) is 11.1. The van der Waals surface area contributed by atoms with Crippen LogP contribution in [-0.2, 0) is 28.4 Å². The minimum Gasteiger partial charge on any atom is -0.431 e. The Morgan fingerprint density at radius 1 is 1.05 bits per heavy atom. The van der Waals surface area contributed by atoms with Crippen molar-refractivity contribution in [2.24, 2.45) is 0 Å². The van der Waals surface area contributed by atoms with Crippen LogP contribution >= 0.6 is 0 Å². The summed E-state index contributed by atoms with van der Waals surface area (Å²) < 4.78 is 27.3. The molecular weight excluding hydrogens is 280 g/mol. The van der Waals surface area contributed by atoms with Gasteiger partial charge in [-0.25, -0.2) is 9.59 Å². The van der Waals surface area contributed by atoms with Crippen molar-refractivity contribution in [3.63, 3.8) is 0 Å². The number of ether oxygens (including phenoxy) is 6. The maximum Gasteiger partial charge on any atom is 0.510 e. The van der Waals surface area contributed by atoms with E-state index < -0.39 is 31.5 Å². The lowest BCUT2D eigenvalue weighted by Crippen LogP contribution is -2.26. The summed E-state index contributed by atoms with van der Waals surface area (Å²) in [5.74, 6) is 0. The van der Waals surface area contributed by atoms with E-state index in [1.54, 1.807) is 0 Å². The van der Waals surface area contributed by atoms with Crippen LogP contribution in [0.5, 0.6) is 0 Å². The van der Waals surface area contributed by atoms with Crippen LogP contribution in [0.1, 0.15) is 0 Å². The molecule has 0 aromatic carbocycles. The average molecular weight is 298 g/mol. The van der Waals surface area contributed by atoms with Gasteiger partial charge in [0.2, 0.25) is 12.6 Å². The quantitative estimate of drug-likeness (QED) is 0.317. The van der Waals surface area contributed by atoms with Crippen molar-refractivity contribution in [3.8, 4) is 0 Å². The van der Waals surface area contributed by atoms with Gasteiger partial charge in [-0.15, -0.1) is 0 Å². The van der Waals surface area contributed by atoms with E-state index in [1.807, 2.05) is 0 Å². The van der Waals surface area contributed by atoms with Gasteiger partial charge in [0, 0.05) is 14.2 Å². The van der Waals surface area contributed by atoms with Crippen molar-refractivity contribution in [2.45, 2.75) is 12.6 Å². The lowest BCUT2D eigenvalue weighted by molar-refractivity contribution is -0.134. The Kier molecular flexibility index (Phi) is 10.3. The SMILES string of the molecule is COCC(OC)OC(=O)OCCOC(=O)OC(O)CO. The predicted octanol–water partition coefficient (Wildman–Crippen LogP) is -0.778. The molecule has 0 aromatic rings. The number of rotatable bonds is 9. The van der Waals surface area contributed by atoms with Crippen molar-refractivity contribution in [3.05, 3.63) is 0 Å². The van der Waals surface area contributed by atoms with Gasteiger partial charge in [-0.1, -0.05) is 0 Å². The molecule has 0 saturated heterocycles. The Morgan fingerprint density at radius 3 is 2.05 bits per heavy atom. The van der Waals surface area contributed by atoms with Gasteiger partial charge in [0.15, 0.2) is 0 Å². The highest BCUT2D eigenvalue weighted by atomic mass is 16.8. The average Bonchev–Trinajstić information content (AvgIpc) is 2.42. The number of aliphatic hydroxyl groups is 2. The normalized spacial score (nSPS) is 13.2. The van der Waals surface area contributed by atoms with Gasteiger partial charge in [-0.05, 0) is 0 Å². The maximum absolute atomic E-state index is 11.1. The zero-order chi connectivity index (χ0) is 15.4. The molecule has 0 fully saturated rings. The third-order valence-corrected chi connectivity index (χ3v) is 1.70. The van der Waals surface area contributed by atoms with E-state index in [1.165, 1.54) is 14.2 Å². The van der Waals surface area contributed by atoms with E-state index >= 15 is 0 Å². The topological polar surface area (TPSA) is 130 Å². The molecule has 10 nitrogen and oxygen atoms in total. The molecule has 0 saturated carbocycles. The van der Waals surface area contributed by atoms with Crippen LogP contribution in [0.25, 0.3) is 0 Å². The first-order chi connectivity index (χ1) is 9.53. The molecule has 10 heteroatoms. The molecule has 0 spiro atoms. The summed E-state index contributed by atoms with van der Waals surface area (Å²) in [4.78, 5) is 22.0. The van der Waals surface area contributed by atoms with Crippen LogP contribution in [0.3, 0.4) is 0 Å².